The predicted octanol–water partition coefficient (Wildman–Crippen LogP) is 1.72. The molecular formula is C10H18N4S. The third-order valence-electron chi connectivity index (χ3n) is 2.94. The fourth-order valence-electron chi connectivity index (χ4n) is 2.00. The van der Waals surface area contributed by atoms with E-state index in [9.17, 15) is 0 Å². The molecule has 1 heterocycles. The maximum absolute atomic E-state index is 6.11. The van der Waals surface area contributed by atoms with Crippen LogP contribution in [0.2, 0.25) is 0 Å². The monoisotopic (exact) mass is 226 g/mol. The summed E-state index contributed by atoms with van der Waals surface area (Å²) >= 11 is 1.72. The molecule has 2 rings (SSSR count). The maximum Gasteiger partial charge on any atom is 0.208 e. The van der Waals surface area contributed by atoms with Crippen molar-refractivity contribution in [3.63, 3.8) is 0 Å². The van der Waals surface area contributed by atoms with E-state index in [2.05, 4.69) is 22.1 Å². The van der Waals surface area contributed by atoms with Crippen LogP contribution < -0.4 is 5.73 Å². The molecule has 1 aromatic heterocycles. The van der Waals surface area contributed by atoms with E-state index in [4.69, 9.17) is 5.73 Å². The van der Waals surface area contributed by atoms with Gasteiger partial charge in [0, 0.05) is 11.3 Å². The standard InChI is InChI=1S/C10H18N4S/c1-6-3-4-8(11)9(5-6)15-10-12-7(2)13-14-10/h6,8-9H,3-5,11H2,1-2H3,(H,12,13,14). The molecule has 1 fully saturated rings. The topological polar surface area (TPSA) is 67.6 Å². The van der Waals surface area contributed by atoms with Crippen molar-refractivity contribution in [2.24, 2.45) is 11.7 Å². The highest BCUT2D eigenvalue weighted by atomic mass is 32.2. The smallest absolute Gasteiger partial charge is 0.208 e. The molecule has 5 heteroatoms. The molecule has 84 valence electrons. The van der Waals surface area contributed by atoms with Crippen molar-refractivity contribution in [3.05, 3.63) is 5.82 Å². The van der Waals surface area contributed by atoms with Crippen molar-refractivity contribution in [1.29, 1.82) is 0 Å². The second kappa shape index (κ2) is 4.53. The largest absolute Gasteiger partial charge is 0.327 e. The van der Waals surface area contributed by atoms with Crippen LogP contribution in [0.4, 0.5) is 0 Å². The van der Waals surface area contributed by atoms with Crippen molar-refractivity contribution >= 4 is 11.8 Å². The molecule has 1 aliphatic carbocycles. The summed E-state index contributed by atoms with van der Waals surface area (Å²) in [6, 6.07) is 0.296. The lowest BCUT2D eigenvalue weighted by molar-refractivity contribution is 0.357. The Morgan fingerprint density at radius 1 is 1.47 bits per heavy atom. The van der Waals surface area contributed by atoms with Gasteiger partial charge in [0.15, 0.2) is 0 Å². The zero-order chi connectivity index (χ0) is 10.8. The molecule has 4 nitrogen and oxygen atoms in total. The number of hydrogen-bond donors (Lipinski definition) is 2. The van der Waals surface area contributed by atoms with E-state index in [0.29, 0.717) is 11.3 Å². The fourth-order valence-corrected chi connectivity index (χ4v) is 3.29. The Balaban J connectivity index is 1.98. The molecule has 0 amide bonds. The number of aromatic nitrogens is 3. The van der Waals surface area contributed by atoms with Gasteiger partial charge >= 0.3 is 0 Å². The lowest BCUT2D eigenvalue weighted by Crippen LogP contribution is -2.37. The quantitative estimate of drug-likeness (QED) is 0.805. The molecular weight excluding hydrogens is 208 g/mol. The number of rotatable bonds is 2. The van der Waals surface area contributed by atoms with Crippen LogP contribution in [-0.2, 0) is 0 Å². The molecule has 3 atom stereocenters. The van der Waals surface area contributed by atoms with Crippen LogP contribution in [0.3, 0.4) is 0 Å². The number of nitrogens with two attached hydrogens (primary N) is 1. The normalized spacial score (nSPS) is 31.8. The number of aryl methyl sites for hydroxylation is 1. The summed E-state index contributed by atoms with van der Waals surface area (Å²) in [7, 11) is 0. The van der Waals surface area contributed by atoms with Crippen molar-refractivity contribution in [2.45, 2.75) is 49.6 Å². The van der Waals surface area contributed by atoms with E-state index in [1.54, 1.807) is 11.8 Å². The third-order valence-corrected chi connectivity index (χ3v) is 4.18. The molecule has 1 aromatic rings. The van der Waals surface area contributed by atoms with E-state index in [1.807, 2.05) is 6.92 Å². The van der Waals surface area contributed by atoms with Gasteiger partial charge in [0.05, 0.1) is 0 Å². The fraction of sp³-hybridized carbons (Fsp3) is 0.800. The van der Waals surface area contributed by atoms with E-state index in [0.717, 1.165) is 23.3 Å². The number of H-pyrrole nitrogens is 1. The molecule has 1 saturated carbocycles. The van der Waals surface area contributed by atoms with Gasteiger partial charge in [-0.05, 0) is 32.1 Å². The molecule has 0 saturated heterocycles. The Labute approximate surface area is 94.4 Å². The van der Waals surface area contributed by atoms with Gasteiger partial charge in [-0.3, -0.25) is 5.10 Å². The zero-order valence-corrected chi connectivity index (χ0v) is 10.0. The molecule has 1 aliphatic rings. The number of nitrogens with one attached hydrogen (secondary N) is 1. The minimum Gasteiger partial charge on any atom is -0.327 e. The summed E-state index contributed by atoms with van der Waals surface area (Å²) in [5, 5.41) is 8.31. The highest BCUT2D eigenvalue weighted by Crippen LogP contribution is 2.33. The van der Waals surface area contributed by atoms with Crippen LogP contribution in [0.15, 0.2) is 5.16 Å². The first-order valence-corrected chi connectivity index (χ1v) is 6.34. The van der Waals surface area contributed by atoms with Crippen molar-refractivity contribution in [3.8, 4) is 0 Å². The van der Waals surface area contributed by atoms with Gasteiger partial charge in [0.25, 0.3) is 0 Å². The summed E-state index contributed by atoms with van der Waals surface area (Å²) < 4.78 is 0. The van der Waals surface area contributed by atoms with Gasteiger partial charge in [-0.1, -0.05) is 18.7 Å². The number of hydrogen-bond acceptors (Lipinski definition) is 4. The van der Waals surface area contributed by atoms with Gasteiger partial charge in [0.2, 0.25) is 5.16 Å². The van der Waals surface area contributed by atoms with Crippen molar-refractivity contribution < 1.29 is 0 Å². The lowest BCUT2D eigenvalue weighted by Gasteiger charge is -2.31. The lowest BCUT2D eigenvalue weighted by atomic mass is 9.87. The van der Waals surface area contributed by atoms with E-state index in [-0.39, 0.29) is 0 Å². The Morgan fingerprint density at radius 2 is 2.27 bits per heavy atom. The van der Waals surface area contributed by atoms with E-state index < -0.39 is 0 Å². The van der Waals surface area contributed by atoms with Crippen LogP contribution in [0.25, 0.3) is 0 Å². The second-order valence-corrected chi connectivity index (χ2v) is 5.65. The highest BCUT2D eigenvalue weighted by molar-refractivity contribution is 7.99. The molecule has 0 radical (unpaired) electrons. The molecule has 0 aliphatic heterocycles. The molecule has 0 spiro atoms. The Morgan fingerprint density at radius 3 is 2.93 bits per heavy atom. The SMILES string of the molecule is Cc1nc(SC2CC(C)CCC2N)n[nH]1. The Kier molecular flexibility index (Phi) is 3.31. The number of aromatic amines is 1. The summed E-state index contributed by atoms with van der Waals surface area (Å²) in [5.74, 6) is 1.65. The first-order valence-electron chi connectivity index (χ1n) is 5.46. The highest BCUT2D eigenvalue weighted by Gasteiger charge is 2.27. The third kappa shape index (κ3) is 2.72. The molecule has 0 aromatic carbocycles. The van der Waals surface area contributed by atoms with Gasteiger partial charge < -0.3 is 5.73 Å². The maximum atomic E-state index is 6.11. The summed E-state index contributed by atoms with van der Waals surface area (Å²) in [4.78, 5) is 4.31. The molecule has 3 unspecified atom stereocenters. The van der Waals surface area contributed by atoms with E-state index in [1.165, 1.54) is 12.8 Å². The molecule has 3 N–H and O–H groups in total. The van der Waals surface area contributed by atoms with Crippen LogP contribution in [-0.4, -0.2) is 26.5 Å². The first-order chi connectivity index (χ1) is 7.15. The number of thioether (sulfide) groups is 1. The summed E-state index contributed by atoms with van der Waals surface area (Å²) in [6.45, 7) is 4.21. The van der Waals surface area contributed by atoms with E-state index >= 15 is 0 Å². The van der Waals surface area contributed by atoms with Crippen LogP contribution in [0, 0.1) is 12.8 Å². The zero-order valence-electron chi connectivity index (χ0n) is 9.23. The summed E-state index contributed by atoms with van der Waals surface area (Å²) in [6.07, 6.45) is 3.56. The van der Waals surface area contributed by atoms with Gasteiger partial charge in [0.1, 0.15) is 5.82 Å². The van der Waals surface area contributed by atoms with Crippen LogP contribution in [0.1, 0.15) is 32.0 Å². The number of nitrogens with zero attached hydrogens (tertiary/aromatic N) is 2. The van der Waals surface area contributed by atoms with Gasteiger partial charge in [-0.2, -0.15) is 0 Å². The summed E-state index contributed by atoms with van der Waals surface area (Å²) in [5.41, 5.74) is 6.11. The minimum absolute atomic E-state index is 0.296. The Hall–Kier alpha value is -0.550. The minimum atomic E-state index is 0.296. The van der Waals surface area contributed by atoms with Crippen molar-refractivity contribution in [2.75, 3.05) is 0 Å². The average Bonchev–Trinajstić information content (AvgIpc) is 2.58. The molecule has 15 heavy (non-hydrogen) atoms. The van der Waals surface area contributed by atoms with Gasteiger partial charge in [-0.25, -0.2) is 4.98 Å². The van der Waals surface area contributed by atoms with Gasteiger partial charge in [-0.15, -0.1) is 5.10 Å². The molecule has 0 bridgehead atoms. The van der Waals surface area contributed by atoms with Crippen molar-refractivity contribution in [1.82, 2.24) is 15.2 Å². The second-order valence-electron chi connectivity index (χ2n) is 4.44. The Bertz CT molecular complexity index is 325. The van der Waals surface area contributed by atoms with Crippen LogP contribution in [0.5, 0.6) is 0 Å². The average molecular weight is 226 g/mol. The predicted molar refractivity (Wildman–Crippen MR) is 61.8 cm³/mol. The first kappa shape index (κ1) is 11.0. The van der Waals surface area contributed by atoms with Crippen LogP contribution >= 0.6 is 11.8 Å².